The SMILES string of the molecule is CC(C)(C)OC(=O)N1CCC[C@H]1CSOc1cccnc1. The van der Waals surface area contributed by atoms with E-state index in [4.69, 9.17) is 8.92 Å². The number of pyridine rings is 1. The van der Waals surface area contributed by atoms with E-state index in [2.05, 4.69) is 4.98 Å². The molecule has 1 aliphatic rings. The largest absolute Gasteiger partial charge is 0.444 e. The molecule has 1 aromatic heterocycles. The van der Waals surface area contributed by atoms with E-state index < -0.39 is 5.60 Å². The molecule has 2 heterocycles. The number of aromatic nitrogens is 1. The molecule has 1 aliphatic heterocycles. The van der Waals surface area contributed by atoms with E-state index in [9.17, 15) is 4.79 Å². The first-order chi connectivity index (χ1) is 9.96. The van der Waals surface area contributed by atoms with Gasteiger partial charge in [0.1, 0.15) is 5.60 Å². The van der Waals surface area contributed by atoms with E-state index in [0.29, 0.717) is 0 Å². The molecular weight excluding hydrogens is 288 g/mol. The van der Waals surface area contributed by atoms with Crippen molar-refractivity contribution >= 4 is 18.1 Å². The molecule has 0 N–H and O–H groups in total. The predicted octanol–water partition coefficient (Wildman–Crippen LogP) is 3.51. The summed E-state index contributed by atoms with van der Waals surface area (Å²) in [5, 5.41) is 0. The van der Waals surface area contributed by atoms with Gasteiger partial charge in [0, 0.05) is 18.8 Å². The minimum Gasteiger partial charge on any atom is -0.444 e. The zero-order valence-electron chi connectivity index (χ0n) is 12.7. The second kappa shape index (κ2) is 7.02. The molecule has 0 saturated carbocycles. The van der Waals surface area contributed by atoms with Gasteiger partial charge in [-0.15, -0.1) is 0 Å². The molecule has 1 amide bonds. The fraction of sp³-hybridized carbons (Fsp3) is 0.600. The van der Waals surface area contributed by atoms with Crippen LogP contribution in [0.2, 0.25) is 0 Å². The molecule has 0 spiro atoms. The summed E-state index contributed by atoms with van der Waals surface area (Å²) in [4.78, 5) is 18.0. The van der Waals surface area contributed by atoms with Gasteiger partial charge in [0.2, 0.25) is 0 Å². The van der Waals surface area contributed by atoms with Gasteiger partial charge in [0.05, 0.1) is 24.0 Å². The molecule has 5 nitrogen and oxygen atoms in total. The summed E-state index contributed by atoms with van der Waals surface area (Å²) in [6, 6.07) is 3.86. The molecule has 0 aromatic carbocycles. The van der Waals surface area contributed by atoms with Crippen LogP contribution >= 0.6 is 12.0 Å². The first-order valence-electron chi connectivity index (χ1n) is 7.15. The smallest absolute Gasteiger partial charge is 0.410 e. The lowest BCUT2D eigenvalue weighted by molar-refractivity contribution is 0.0241. The average molecular weight is 310 g/mol. The van der Waals surface area contributed by atoms with Crippen molar-refractivity contribution in [2.75, 3.05) is 12.3 Å². The van der Waals surface area contributed by atoms with Crippen LogP contribution in [0.1, 0.15) is 33.6 Å². The highest BCUT2D eigenvalue weighted by atomic mass is 32.2. The van der Waals surface area contributed by atoms with Gasteiger partial charge < -0.3 is 13.8 Å². The Morgan fingerprint density at radius 1 is 1.52 bits per heavy atom. The van der Waals surface area contributed by atoms with E-state index in [1.807, 2.05) is 37.8 Å². The van der Waals surface area contributed by atoms with Crippen LogP contribution in [0.4, 0.5) is 4.79 Å². The van der Waals surface area contributed by atoms with Gasteiger partial charge in [-0.1, -0.05) is 0 Å². The van der Waals surface area contributed by atoms with Crippen molar-refractivity contribution in [1.29, 1.82) is 0 Å². The third-order valence-corrected chi connectivity index (χ3v) is 3.89. The van der Waals surface area contributed by atoms with Crippen molar-refractivity contribution in [3.63, 3.8) is 0 Å². The lowest BCUT2D eigenvalue weighted by atomic mass is 10.2. The van der Waals surface area contributed by atoms with Crippen LogP contribution in [0.15, 0.2) is 24.5 Å². The van der Waals surface area contributed by atoms with Crippen LogP contribution in [0.5, 0.6) is 5.75 Å². The van der Waals surface area contributed by atoms with Gasteiger partial charge in [0.15, 0.2) is 5.75 Å². The van der Waals surface area contributed by atoms with E-state index in [-0.39, 0.29) is 12.1 Å². The second-order valence-electron chi connectivity index (χ2n) is 6.03. The van der Waals surface area contributed by atoms with Crippen LogP contribution in [0.25, 0.3) is 0 Å². The van der Waals surface area contributed by atoms with E-state index in [1.165, 1.54) is 12.0 Å². The summed E-state index contributed by atoms with van der Waals surface area (Å²) in [5.41, 5.74) is -0.455. The lowest BCUT2D eigenvalue weighted by Crippen LogP contribution is -2.40. The monoisotopic (exact) mass is 310 g/mol. The highest BCUT2D eigenvalue weighted by Crippen LogP contribution is 2.25. The van der Waals surface area contributed by atoms with E-state index in [0.717, 1.165) is 30.9 Å². The third-order valence-electron chi connectivity index (χ3n) is 3.06. The zero-order chi connectivity index (χ0) is 15.3. The van der Waals surface area contributed by atoms with Gasteiger partial charge in [-0.25, -0.2) is 4.79 Å². The Bertz CT molecular complexity index is 462. The number of likely N-dealkylation sites (tertiary alicyclic amines) is 1. The number of ether oxygens (including phenoxy) is 1. The minimum atomic E-state index is -0.455. The Hall–Kier alpha value is -1.43. The molecule has 0 radical (unpaired) electrons. The maximum absolute atomic E-state index is 12.1. The fourth-order valence-corrected chi connectivity index (χ4v) is 2.95. The maximum atomic E-state index is 12.1. The molecule has 1 atom stereocenters. The van der Waals surface area contributed by atoms with Crippen molar-refractivity contribution in [1.82, 2.24) is 9.88 Å². The van der Waals surface area contributed by atoms with Crippen molar-refractivity contribution in [2.45, 2.75) is 45.3 Å². The average Bonchev–Trinajstić information content (AvgIpc) is 2.86. The number of hydrogen-bond donors (Lipinski definition) is 0. The van der Waals surface area contributed by atoms with Crippen molar-refractivity contribution in [3.8, 4) is 5.75 Å². The van der Waals surface area contributed by atoms with Crippen LogP contribution in [-0.4, -0.2) is 39.9 Å². The fourth-order valence-electron chi connectivity index (χ4n) is 2.15. The summed E-state index contributed by atoms with van der Waals surface area (Å²) >= 11 is 1.35. The van der Waals surface area contributed by atoms with Gasteiger partial charge in [-0.3, -0.25) is 4.98 Å². The standard InChI is InChI=1S/C15H22N2O3S/c1-15(2,3)19-14(18)17-9-5-6-12(17)11-21-20-13-7-4-8-16-10-13/h4,7-8,10,12H,5-6,9,11H2,1-3H3/t12-/m0/s1. The summed E-state index contributed by atoms with van der Waals surface area (Å²) < 4.78 is 11.0. The molecule has 116 valence electrons. The number of hydrogen-bond acceptors (Lipinski definition) is 5. The predicted molar refractivity (Wildman–Crippen MR) is 83.3 cm³/mol. The highest BCUT2D eigenvalue weighted by molar-refractivity contribution is 7.95. The van der Waals surface area contributed by atoms with Crippen molar-refractivity contribution < 1.29 is 13.7 Å². The Morgan fingerprint density at radius 2 is 2.33 bits per heavy atom. The van der Waals surface area contributed by atoms with Gasteiger partial charge in [-0.2, -0.15) is 0 Å². The van der Waals surface area contributed by atoms with E-state index in [1.54, 1.807) is 12.4 Å². The first kappa shape index (κ1) is 15.9. The number of nitrogens with zero attached hydrogens (tertiary/aromatic N) is 2. The van der Waals surface area contributed by atoms with Crippen LogP contribution in [-0.2, 0) is 4.74 Å². The van der Waals surface area contributed by atoms with Crippen molar-refractivity contribution in [2.24, 2.45) is 0 Å². The molecule has 6 heteroatoms. The Kier molecular flexibility index (Phi) is 5.33. The quantitative estimate of drug-likeness (QED) is 0.797. The topological polar surface area (TPSA) is 51.7 Å². The van der Waals surface area contributed by atoms with E-state index >= 15 is 0 Å². The summed E-state index contributed by atoms with van der Waals surface area (Å²) in [6.45, 7) is 6.41. The second-order valence-corrected chi connectivity index (χ2v) is 6.76. The lowest BCUT2D eigenvalue weighted by Gasteiger charge is -2.28. The summed E-state index contributed by atoms with van der Waals surface area (Å²) in [7, 11) is 0. The van der Waals surface area contributed by atoms with Gasteiger partial charge in [-0.05, 0) is 45.7 Å². The molecule has 1 fully saturated rings. The number of carbonyl (C=O) groups is 1. The Labute approximate surface area is 130 Å². The summed E-state index contributed by atoms with van der Waals surface area (Å²) in [5.74, 6) is 1.46. The number of carbonyl (C=O) groups excluding carboxylic acids is 1. The zero-order valence-corrected chi connectivity index (χ0v) is 13.6. The Balaban J connectivity index is 1.80. The molecule has 21 heavy (non-hydrogen) atoms. The molecule has 2 rings (SSSR count). The van der Waals surface area contributed by atoms with Crippen molar-refractivity contribution in [3.05, 3.63) is 24.5 Å². The Morgan fingerprint density at radius 3 is 3.00 bits per heavy atom. The highest BCUT2D eigenvalue weighted by Gasteiger charge is 2.32. The number of amides is 1. The molecular formula is C15H22N2O3S. The molecule has 1 aromatic rings. The van der Waals surface area contributed by atoms with Gasteiger partial charge in [0.25, 0.3) is 0 Å². The minimum absolute atomic E-state index is 0.168. The molecule has 0 unspecified atom stereocenters. The normalized spacial score (nSPS) is 18.6. The van der Waals surface area contributed by atoms with Crippen LogP contribution in [0.3, 0.4) is 0 Å². The van der Waals surface area contributed by atoms with Crippen LogP contribution < -0.4 is 4.18 Å². The molecule has 1 saturated heterocycles. The van der Waals surface area contributed by atoms with Gasteiger partial charge >= 0.3 is 6.09 Å². The molecule has 0 bridgehead atoms. The number of rotatable bonds is 4. The first-order valence-corrected chi connectivity index (χ1v) is 8.06. The summed E-state index contributed by atoms with van der Waals surface area (Å²) in [6.07, 6.45) is 5.15. The molecule has 0 aliphatic carbocycles. The third kappa shape index (κ3) is 5.12. The maximum Gasteiger partial charge on any atom is 0.410 e. The van der Waals surface area contributed by atoms with Crippen LogP contribution in [0, 0.1) is 0 Å².